The predicted molar refractivity (Wildman–Crippen MR) is 102 cm³/mol. The minimum absolute atomic E-state index is 0.100. The molecule has 0 N–H and O–H groups in total. The lowest BCUT2D eigenvalue weighted by Crippen LogP contribution is -2.54. The van der Waals surface area contributed by atoms with E-state index in [-0.39, 0.29) is 12.1 Å². The molecule has 1 spiro atoms. The van der Waals surface area contributed by atoms with Crippen molar-refractivity contribution in [3.8, 4) is 0 Å². The molecule has 1 saturated heterocycles. The van der Waals surface area contributed by atoms with Gasteiger partial charge in [-0.15, -0.1) is 0 Å². The first kappa shape index (κ1) is 19.4. The number of benzene rings is 2. The van der Waals surface area contributed by atoms with Crippen LogP contribution in [-0.2, 0) is 11.3 Å². The van der Waals surface area contributed by atoms with Gasteiger partial charge in [-0.05, 0) is 37.0 Å². The second kappa shape index (κ2) is 7.46. The molecule has 5 nitrogen and oxygen atoms in total. The van der Waals surface area contributed by atoms with Crippen molar-refractivity contribution in [2.24, 2.45) is 0 Å². The zero-order chi connectivity index (χ0) is 20.6. The third kappa shape index (κ3) is 3.34. The Morgan fingerprint density at radius 2 is 1.72 bits per heavy atom. The molecule has 2 aromatic rings. The summed E-state index contributed by atoms with van der Waals surface area (Å²) in [5, 5.41) is 2.43. The first-order chi connectivity index (χ1) is 13.9. The fraction of sp³-hybridized carbons (Fsp3) is 0.364. The molecule has 2 aliphatic rings. The Balaban J connectivity index is 1.76. The molecule has 0 atom stereocenters. The van der Waals surface area contributed by atoms with Gasteiger partial charge in [-0.2, -0.15) is 0 Å². The molecule has 2 amide bonds. The minimum Gasteiger partial charge on any atom is -0.419 e. The van der Waals surface area contributed by atoms with Crippen molar-refractivity contribution in [1.82, 2.24) is 10.0 Å². The molecule has 1 aliphatic carbocycles. The lowest BCUT2D eigenvalue weighted by Gasteiger charge is -2.40. The Hall–Kier alpha value is -2.96. The van der Waals surface area contributed by atoms with Gasteiger partial charge < -0.3 is 4.74 Å². The molecule has 0 bridgehead atoms. The quantitative estimate of drug-likeness (QED) is 0.733. The summed E-state index contributed by atoms with van der Waals surface area (Å²) in [5.41, 5.74) is -0.656. The van der Waals surface area contributed by atoms with E-state index in [4.69, 9.17) is 4.74 Å². The van der Waals surface area contributed by atoms with E-state index in [1.165, 1.54) is 29.1 Å². The van der Waals surface area contributed by atoms with Gasteiger partial charge in [-0.25, -0.2) is 23.6 Å². The molecule has 1 heterocycles. The van der Waals surface area contributed by atoms with Crippen LogP contribution in [0.2, 0.25) is 0 Å². The van der Waals surface area contributed by atoms with Crippen LogP contribution >= 0.6 is 0 Å². The molecule has 2 aromatic carbocycles. The zero-order valence-electron chi connectivity index (χ0n) is 16.2. The van der Waals surface area contributed by atoms with E-state index in [9.17, 15) is 18.4 Å². The highest BCUT2D eigenvalue weighted by molar-refractivity contribution is 5.96. The van der Waals surface area contributed by atoms with Crippen molar-refractivity contribution in [3.63, 3.8) is 0 Å². The van der Waals surface area contributed by atoms with Crippen LogP contribution in [0, 0.1) is 18.6 Å². The average molecular weight is 400 g/mol. The number of aryl methyl sites for hydroxylation is 1. The SMILES string of the molecule is Cc1ccc(C(=O)N2N(Cc3ccccc3)C(=O)OC23CCCCC3)c(F)c1F. The Morgan fingerprint density at radius 3 is 2.41 bits per heavy atom. The molecule has 4 rings (SSSR count). The van der Waals surface area contributed by atoms with Crippen molar-refractivity contribution in [2.75, 3.05) is 0 Å². The van der Waals surface area contributed by atoms with Crippen LogP contribution in [0.5, 0.6) is 0 Å². The van der Waals surface area contributed by atoms with Crippen molar-refractivity contribution in [1.29, 1.82) is 0 Å². The maximum Gasteiger partial charge on any atom is 0.431 e. The number of amides is 2. The number of carbonyl (C=O) groups excluding carboxylic acids is 2. The molecule has 152 valence electrons. The van der Waals surface area contributed by atoms with Gasteiger partial charge in [0.2, 0.25) is 5.72 Å². The Kier molecular flexibility index (Phi) is 4.98. The van der Waals surface area contributed by atoms with Crippen molar-refractivity contribution >= 4 is 12.0 Å². The van der Waals surface area contributed by atoms with Crippen LogP contribution in [0.1, 0.15) is 53.6 Å². The van der Waals surface area contributed by atoms with Crippen LogP contribution in [0.15, 0.2) is 42.5 Å². The monoisotopic (exact) mass is 400 g/mol. The van der Waals surface area contributed by atoms with Gasteiger partial charge in [0.25, 0.3) is 5.91 Å². The fourth-order valence-electron chi connectivity index (χ4n) is 4.09. The number of hydrogen-bond donors (Lipinski definition) is 0. The van der Waals surface area contributed by atoms with Gasteiger partial charge in [0, 0.05) is 12.8 Å². The molecule has 1 aliphatic heterocycles. The maximum atomic E-state index is 14.6. The molecule has 1 saturated carbocycles. The van der Waals surface area contributed by atoms with Gasteiger partial charge >= 0.3 is 6.09 Å². The normalized spacial score (nSPS) is 18.2. The first-order valence-electron chi connectivity index (χ1n) is 9.76. The third-order valence-corrected chi connectivity index (χ3v) is 5.62. The average Bonchev–Trinajstić information content (AvgIpc) is 2.97. The van der Waals surface area contributed by atoms with E-state index in [2.05, 4.69) is 0 Å². The topological polar surface area (TPSA) is 49.9 Å². The van der Waals surface area contributed by atoms with Crippen molar-refractivity contribution in [2.45, 2.75) is 51.3 Å². The van der Waals surface area contributed by atoms with E-state index in [0.717, 1.165) is 24.8 Å². The highest BCUT2D eigenvalue weighted by Gasteiger charge is 2.55. The smallest absolute Gasteiger partial charge is 0.419 e. The number of hydrogen-bond acceptors (Lipinski definition) is 3. The summed E-state index contributed by atoms with van der Waals surface area (Å²) < 4.78 is 34.4. The van der Waals surface area contributed by atoms with Crippen molar-refractivity contribution in [3.05, 3.63) is 70.8 Å². The molecule has 0 aromatic heterocycles. The Morgan fingerprint density at radius 1 is 1.03 bits per heavy atom. The van der Waals surface area contributed by atoms with Crippen LogP contribution in [-0.4, -0.2) is 27.7 Å². The number of halogens is 2. The second-order valence-corrected chi connectivity index (χ2v) is 7.59. The van der Waals surface area contributed by atoms with E-state index in [1.54, 1.807) is 0 Å². The highest BCUT2D eigenvalue weighted by atomic mass is 19.2. The van der Waals surface area contributed by atoms with E-state index < -0.39 is 34.9 Å². The van der Waals surface area contributed by atoms with E-state index >= 15 is 0 Å². The maximum absolute atomic E-state index is 14.6. The summed E-state index contributed by atoms with van der Waals surface area (Å²) in [6.07, 6.45) is 2.80. The van der Waals surface area contributed by atoms with Gasteiger partial charge in [0.1, 0.15) is 0 Å². The number of hydrazine groups is 1. The lowest BCUT2D eigenvalue weighted by atomic mass is 9.90. The molecular weight excluding hydrogens is 378 g/mol. The summed E-state index contributed by atoms with van der Waals surface area (Å²) in [5.74, 6) is -3.04. The standard InChI is InChI=1S/C22H22F2N2O3/c1-15-10-11-17(19(24)18(15)23)20(27)26-22(12-6-3-7-13-22)29-21(28)25(26)14-16-8-4-2-5-9-16/h2,4-5,8-11H,3,6-7,12-14H2,1H3. The minimum atomic E-state index is -1.21. The summed E-state index contributed by atoms with van der Waals surface area (Å²) in [7, 11) is 0. The molecule has 0 radical (unpaired) electrons. The third-order valence-electron chi connectivity index (χ3n) is 5.62. The van der Waals surface area contributed by atoms with Gasteiger partial charge in [-0.3, -0.25) is 4.79 Å². The summed E-state index contributed by atoms with van der Waals surface area (Å²) >= 11 is 0. The Labute approximate surface area is 167 Å². The summed E-state index contributed by atoms with van der Waals surface area (Å²) in [6, 6.07) is 11.8. The largest absolute Gasteiger partial charge is 0.431 e. The second-order valence-electron chi connectivity index (χ2n) is 7.59. The molecule has 7 heteroatoms. The van der Waals surface area contributed by atoms with E-state index in [1.807, 2.05) is 30.3 Å². The molecule has 2 fully saturated rings. The van der Waals surface area contributed by atoms with Crippen LogP contribution in [0.4, 0.5) is 13.6 Å². The lowest BCUT2D eigenvalue weighted by molar-refractivity contribution is -0.106. The highest BCUT2D eigenvalue weighted by Crippen LogP contribution is 2.42. The predicted octanol–water partition coefficient (Wildman–Crippen LogP) is 4.94. The van der Waals surface area contributed by atoms with Crippen molar-refractivity contribution < 1.29 is 23.1 Å². The zero-order valence-corrected chi connectivity index (χ0v) is 16.2. The number of carbonyl (C=O) groups is 2. The summed E-state index contributed by atoms with van der Waals surface area (Å²) in [4.78, 5) is 26.1. The van der Waals surface area contributed by atoms with Gasteiger partial charge in [0.15, 0.2) is 11.6 Å². The number of rotatable bonds is 3. The van der Waals surface area contributed by atoms with Gasteiger partial charge in [-0.1, -0.05) is 42.8 Å². The summed E-state index contributed by atoms with van der Waals surface area (Å²) in [6.45, 7) is 1.53. The first-order valence-corrected chi connectivity index (χ1v) is 9.76. The fourth-order valence-corrected chi connectivity index (χ4v) is 4.09. The Bertz CT molecular complexity index is 943. The number of ether oxygens (including phenoxy) is 1. The van der Waals surface area contributed by atoms with Crippen LogP contribution < -0.4 is 0 Å². The number of nitrogens with zero attached hydrogens (tertiary/aromatic N) is 2. The van der Waals surface area contributed by atoms with Crippen LogP contribution in [0.3, 0.4) is 0 Å². The van der Waals surface area contributed by atoms with Gasteiger partial charge in [0.05, 0.1) is 12.1 Å². The molecule has 0 unspecified atom stereocenters. The molecule has 29 heavy (non-hydrogen) atoms. The van der Waals surface area contributed by atoms with E-state index in [0.29, 0.717) is 12.8 Å². The molecular formula is C22H22F2N2O3. The van der Waals surface area contributed by atoms with Crippen LogP contribution in [0.25, 0.3) is 0 Å².